The molecule has 47 heavy (non-hydrogen) atoms. The number of hydrogen-bond donors (Lipinski definition) is 1. The largest absolute Gasteiger partial charge is 0.317 e. The molecule has 0 unspecified atom stereocenters. The van der Waals surface area contributed by atoms with Crippen LogP contribution in [0.4, 0.5) is 10.2 Å². The Morgan fingerprint density at radius 3 is 2.51 bits per heavy atom. The zero-order chi connectivity index (χ0) is 34.0. The smallest absolute Gasteiger partial charge is 0.248 e. The Balaban J connectivity index is 1.50. The van der Waals surface area contributed by atoms with E-state index in [1.54, 1.807) is 42.4 Å². The minimum atomic E-state index is -0.842. The highest BCUT2D eigenvalue weighted by Crippen LogP contribution is 2.38. The van der Waals surface area contributed by atoms with Crippen LogP contribution in [0.15, 0.2) is 41.3 Å². The summed E-state index contributed by atoms with van der Waals surface area (Å²) in [6.45, 7) is 4.79. The second kappa shape index (κ2) is 14.8. The molecule has 0 bridgehead atoms. The van der Waals surface area contributed by atoms with Crippen LogP contribution in [0.25, 0.3) is 22.0 Å². The van der Waals surface area contributed by atoms with Gasteiger partial charge in [-0.3, -0.25) is 19.1 Å². The fourth-order valence-electron chi connectivity index (χ4n) is 6.01. The second-order valence-corrected chi connectivity index (χ2v) is 14.3. The molecule has 3 atom stereocenters. The Labute approximate surface area is 295 Å². The third-order valence-electron chi connectivity index (χ3n) is 8.39. The number of benzene rings is 1. The summed E-state index contributed by atoms with van der Waals surface area (Å²) in [4.78, 5) is 57.5. The van der Waals surface area contributed by atoms with E-state index in [2.05, 4.69) is 68.8 Å². The Hall–Kier alpha value is -3.37. The highest BCUT2D eigenvalue weighted by atomic mass is 127. The Morgan fingerprint density at radius 1 is 1.13 bits per heavy atom. The number of carbonyl (C=O) groups excluding carboxylic acids is 3. The predicted molar refractivity (Wildman–Crippen MR) is 190 cm³/mol. The van der Waals surface area contributed by atoms with Gasteiger partial charge in [0.15, 0.2) is 5.78 Å². The summed E-state index contributed by atoms with van der Waals surface area (Å²) in [6, 6.07) is 6.32. The van der Waals surface area contributed by atoms with E-state index in [0.717, 1.165) is 24.9 Å². The average Bonchev–Trinajstić information content (AvgIpc) is 3.56. The molecule has 4 aromatic rings. The number of pyridine rings is 1. The molecule has 5 rings (SSSR count). The van der Waals surface area contributed by atoms with Crippen LogP contribution in [0.2, 0.25) is 0 Å². The molecular weight excluding hydrogens is 782 g/mol. The van der Waals surface area contributed by atoms with Crippen LogP contribution >= 0.6 is 38.5 Å². The van der Waals surface area contributed by atoms with Crippen LogP contribution in [0.3, 0.4) is 0 Å². The van der Waals surface area contributed by atoms with E-state index in [1.807, 2.05) is 27.1 Å². The van der Waals surface area contributed by atoms with E-state index in [-0.39, 0.29) is 45.4 Å². The van der Waals surface area contributed by atoms with E-state index < -0.39 is 12.7 Å². The maximum absolute atomic E-state index is 14.6. The first-order valence-electron chi connectivity index (χ1n) is 15.3. The molecule has 0 spiro atoms. The molecule has 0 saturated carbocycles. The van der Waals surface area contributed by atoms with E-state index >= 15 is 0 Å². The molecule has 0 radical (unpaired) electrons. The number of ketones is 1. The molecule has 4 heterocycles. The first-order valence-corrected chi connectivity index (χ1v) is 17.3. The lowest BCUT2D eigenvalue weighted by Gasteiger charge is -2.28. The fraction of sp³-hybridized carbons (Fsp3) is 0.424. The Morgan fingerprint density at radius 2 is 1.85 bits per heavy atom. The van der Waals surface area contributed by atoms with Crippen molar-refractivity contribution < 1.29 is 18.8 Å². The number of Topliss-reactive ketones (excluding diaryl/α,β-unsaturated/α-hetero) is 1. The van der Waals surface area contributed by atoms with Gasteiger partial charge >= 0.3 is 0 Å². The zero-order valence-corrected chi connectivity index (χ0v) is 30.7. The van der Waals surface area contributed by atoms with Crippen molar-refractivity contribution >= 4 is 72.8 Å². The molecule has 0 aliphatic carbocycles. The number of hydrogen-bond acceptors (Lipinski definition) is 8. The van der Waals surface area contributed by atoms with Crippen LogP contribution in [0.5, 0.6) is 0 Å². The fourth-order valence-corrected chi connectivity index (χ4v) is 7.67. The molecule has 1 aliphatic heterocycles. The van der Waals surface area contributed by atoms with Gasteiger partial charge in [0.2, 0.25) is 11.8 Å². The van der Waals surface area contributed by atoms with Gasteiger partial charge in [-0.2, -0.15) is 5.10 Å². The molecule has 1 aromatic carbocycles. The molecular formula is C33H37BrFIN8O3. The number of halogens is 3. The highest BCUT2D eigenvalue weighted by molar-refractivity contribution is 14.1. The second-order valence-electron chi connectivity index (χ2n) is 12.2. The topological polar surface area (TPSA) is 126 Å². The first-order chi connectivity index (χ1) is 22.4. The van der Waals surface area contributed by atoms with Crippen molar-refractivity contribution in [1.29, 1.82) is 0 Å². The van der Waals surface area contributed by atoms with Crippen LogP contribution in [0.1, 0.15) is 53.6 Å². The van der Waals surface area contributed by atoms with Crippen molar-refractivity contribution in [1.82, 2.24) is 34.5 Å². The molecule has 14 heteroatoms. The summed E-state index contributed by atoms with van der Waals surface area (Å²) in [5.41, 5.74) is 2.88. The normalized spacial score (nSPS) is 17.9. The van der Waals surface area contributed by atoms with Gasteiger partial charge in [-0.05, 0) is 105 Å². The predicted octanol–water partition coefficient (Wildman–Crippen LogP) is 5.90. The van der Waals surface area contributed by atoms with Crippen LogP contribution < -0.4 is 5.32 Å². The van der Waals surface area contributed by atoms with Crippen molar-refractivity contribution in [3.63, 3.8) is 0 Å². The van der Waals surface area contributed by atoms with Crippen LogP contribution in [-0.4, -0.2) is 82.9 Å². The number of likely N-dealkylation sites (tertiary alicyclic amines) is 1. The van der Waals surface area contributed by atoms with E-state index in [0.29, 0.717) is 44.7 Å². The molecule has 1 aliphatic rings. The van der Waals surface area contributed by atoms with Crippen LogP contribution in [0, 0.1) is 19.8 Å². The molecule has 1 saturated heterocycles. The number of amides is 2. The summed E-state index contributed by atoms with van der Waals surface area (Å²) < 4.78 is 16.4. The van der Waals surface area contributed by atoms with E-state index in [4.69, 9.17) is 0 Å². The number of aryl methyl sites for hydroxylation is 2. The highest BCUT2D eigenvalue weighted by Gasteiger charge is 2.45. The lowest BCUT2D eigenvalue weighted by atomic mass is 9.99. The maximum Gasteiger partial charge on any atom is 0.248 e. The van der Waals surface area contributed by atoms with Gasteiger partial charge in [-0.1, -0.05) is 28.7 Å². The van der Waals surface area contributed by atoms with Crippen molar-refractivity contribution in [2.75, 3.05) is 26.0 Å². The number of carbonyl (C=O) groups is 3. The quantitative estimate of drug-likeness (QED) is 0.0653. The van der Waals surface area contributed by atoms with Gasteiger partial charge in [0.25, 0.3) is 0 Å². The van der Waals surface area contributed by atoms with Crippen molar-refractivity contribution in [2.24, 2.45) is 5.92 Å². The monoisotopic (exact) mass is 818 g/mol. The van der Waals surface area contributed by atoms with Gasteiger partial charge in [0.05, 0.1) is 9.57 Å². The zero-order valence-electron chi connectivity index (χ0n) is 26.9. The standard InChI is InChI=1S/C33H37BrFIN8O3/c1-18-8-9-27(34)39-32(18)40-33(47)26-13-21(7-6-10-42(4)5)31(36)44(26)28(46)17-43-30-23(14-35)11-22(24-15-37-20(3)38-16-24)12-25(30)29(41-43)19(2)45/h8-9,11-12,15-16,21,26,31H,6-7,10,13-14,17H2,1-5H3,(H,39,40,47)/t21-,26-,31-/m0/s1. The van der Waals surface area contributed by atoms with Gasteiger partial charge in [0.1, 0.15) is 41.2 Å². The third kappa shape index (κ3) is 7.70. The average molecular weight is 820 g/mol. The number of nitrogens with zero attached hydrogens (tertiary/aromatic N) is 7. The van der Waals surface area contributed by atoms with Crippen LogP contribution in [-0.2, 0) is 22.8 Å². The Bertz CT molecular complexity index is 1820. The maximum atomic E-state index is 14.6. The lowest BCUT2D eigenvalue weighted by molar-refractivity contribution is -0.137. The number of anilines is 1. The summed E-state index contributed by atoms with van der Waals surface area (Å²) in [5.74, 6) is 0.110. The minimum Gasteiger partial charge on any atom is -0.317 e. The SMILES string of the molecule is CC(=O)c1nn(CC(=O)N2[C@H](I)[C@@H](CCCN(C)C)C[C@H]2C(=O)Nc2nc(Br)ccc2C)c2c(CF)cc(-c3cnc(C)nc3)cc12. The van der Waals surface area contributed by atoms with Crippen molar-refractivity contribution in [3.05, 3.63) is 63.9 Å². The molecule has 3 aromatic heterocycles. The number of rotatable bonds is 11. The van der Waals surface area contributed by atoms with Gasteiger partial charge in [-0.25, -0.2) is 19.3 Å². The third-order valence-corrected chi connectivity index (χ3v) is 10.5. The number of alkyl halides is 2. The lowest BCUT2D eigenvalue weighted by Crippen LogP contribution is -2.47. The van der Waals surface area contributed by atoms with Gasteiger partial charge < -0.3 is 15.1 Å². The number of fused-ring (bicyclic) bond motifs is 1. The van der Waals surface area contributed by atoms with Crippen molar-refractivity contribution in [2.45, 2.75) is 63.3 Å². The Kier molecular flexibility index (Phi) is 11.0. The molecule has 11 nitrogen and oxygen atoms in total. The molecule has 1 fully saturated rings. The van der Waals surface area contributed by atoms with E-state index in [9.17, 15) is 18.8 Å². The first kappa shape index (κ1) is 35.0. The number of aromatic nitrogens is 5. The molecule has 2 amide bonds. The number of nitrogens with one attached hydrogen (secondary N) is 1. The molecule has 1 N–H and O–H groups in total. The summed E-state index contributed by atoms with van der Waals surface area (Å²) in [7, 11) is 4.03. The molecule has 248 valence electrons. The van der Waals surface area contributed by atoms with Crippen molar-refractivity contribution in [3.8, 4) is 11.1 Å². The summed E-state index contributed by atoms with van der Waals surface area (Å²) >= 11 is 5.62. The van der Waals surface area contributed by atoms with Gasteiger partial charge in [-0.15, -0.1) is 0 Å². The summed E-state index contributed by atoms with van der Waals surface area (Å²) in [6.07, 6.45) is 5.53. The summed E-state index contributed by atoms with van der Waals surface area (Å²) in [5, 5.41) is 7.90. The minimum absolute atomic E-state index is 0.0784. The van der Waals surface area contributed by atoms with E-state index in [1.165, 1.54) is 11.6 Å². The van der Waals surface area contributed by atoms with Gasteiger partial charge in [0, 0.05) is 35.8 Å².